The van der Waals surface area contributed by atoms with Crippen LogP contribution < -0.4 is 5.32 Å². The molecule has 32 heavy (non-hydrogen) atoms. The molecule has 3 rings (SSSR count). The third-order valence-electron chi connectivity index (χ3n) is 6.10. The molecule has 1 N–H and O–H groups in total. The van der Waals surface area contributed by atoms with E-state index in [2.05, 4.69) is 46.4 Å². The summed E-state index contributed by atoms with van der Waals surface area (Å²) in [6, 6.07) is 16.1. The summed E-state index contributed by atoms with van der Waals surface area (Å²) in [5, 5.41) is 3.21. The number of rotatable bonds is 10. The summed E-state index contributed by atoms with van der Waals surface area (Å²) in [5.74, 6) is 1.13. The molecule has 0 radical (unpaired) electrons. The third kappa shape index (κ3) is 7.11. The van der Waals surface area contributed by atoms with Crippen LogP contribution in [0.3, 0.4) is 0 Å². The van der Waals surface area contributed by atoms with Crippen LogP contribution in [0.25, 0.3) is 0 Å². The van der Waals surface area contributed by atoms with Gasteiger partial charge in [0.15, 0.2) is 0 Å². The van der Waals surface area contributed by atoms with Crippen molar-refractivity contribution in [2.75, 3.05) is 5.75 Å². The van der Waals surface area contributed by atoms with E-state index in [1.54, 1.807) is 16.7 Å². The smallest absolute Gasteiger partial charge is 0.243 e. The molecule has 2 aromatic rings. The maximum absolute atomic E-state index is 13.4. The first-order valence-electron chi connectivity index (χ1n) is 11.4. The van der Waals surface area contributed by atoms with E-state index < -0.39 is 6.04 Å². The molecule has 0 aromatic heterocycles. The van der Waals surface area contributed by atoms with Crippen LogP contribution in [-0.2, 0) is 21.9 Å². The fourth-order valence-electron chi connectivity index (χ4n) is 4.18. The van der Waals surface area contributed by atoms with E-state index in [1.807, 2.05) is 37.3 Å². The number of halogens is 1. The summed E-state index contributed by atoms with van der Waals surface area (Å²) >= 11 is 5.05. The Kier molecular flexibility index (Phi) is 9.67. The van der Waals surface area contributed by atoms with Gasteiger partial charge >= 0.3 is 0 Å². The zero-order valence-corrected chi connectivity index (χ0v) is 21.4. The van der Waals surface area contributed by atoms with Crippen LogP contribution in [0.5, 0.6) is 0 Å². The van der Waals surface area contributed by atoms with Gasteiger partial charge in [0.05, 0.1) is 5.75 Å². The average Bonchev–Trinajstić information content (AvgIpc) is 3.29. The van der Waals surface area contributed by atoms with Gasteiger partial charge in [-0.15, -0.1) is 11.8 Å². The third-order valence-corrected chi connectivity index (χ3v) is 7.61. The molecule has 4 nitrogen and oxygen atoms in total. The van der Waals surface area contributed by atoms with E-state index in [4.69, 9.17) is 0 Å². The molecule has 1 fully saturated rings. The average molecular weight is 518 g/mol. The lowest BCUT2D eigenvalue weighted by atomic mass is 10.1. The normalized spacial score (nSPS) is 14.8. The second-order valence-corrected chi connectivity index (χ2v) is 10.4. The molecular formula is C26H33BrN2O2S. The van der Waals surface area contributed by atoms with Crippen LogP contribution in [0.2, 0.25) is 0 Å². The van der Waals surface area contributed by atoms with Gasteiger partial charge in [-0.25, -0.2) is 0 Å². The molecule has 0 aliphatic heterocycles. The van der Waals surface area contributed by atoms with E-state index >= 15 is 0 Å². The first-order chi connectivity index (χ1) is 15.5. The minimum Gasteiger partial charge on any atom is -0.352 e. The van der Waals surface area contributed by atoms with Gasteiger partial charge in [-0.2, -0.15) is 0 Å². The zero-order valence-electron chi connectivity index (χ0n) is 19.0. The van der Waals surface area contributed by atoms with Gasteiger partial charge in [0.25, 0.3) is 0 Å². The molecule has 1 saturated carbocycles. The maximum atomic E-state index is 13.4. The number of hydrogen-bond acceptors (Lipinski definition) is 3. The summed E-state index contributed by atoms with van der Waals surface area (Å²) in [5.41, 5.74) is 3.41. The molecule has 2 amide bonds. The maximum Gasteiger partial charge on any atom is 0.243 e. The number of thioether (sulfide) groups is 1. The molecule has 0 spiro atoms. The standard InChI is InChI=1S/C26H33BrN2O2S/c1-3-24(26(31)28-23-10-6-7-11-23)29(16-21-9-5-4-8-19(21)2)25(30)18-32-17-20-12-14-22(27)15-13-20/h4-5,8-9,12-15,23-24H,3,6-7,10-11,16-18H2,1-2H3,(H,28,31). The Morgan fingerprint density at radius 3 is 2.47 bits per heavy atom. The van der Waals surface area contributed by atoms with Gasteiger partial charge in [-0.1, -0.05) is 72.1 Å². The summed E-state index contributed by atoms with van der Waals surface area (Å²) < 4.78 is 1.05. The second-order valence-electron chi connectivity index (χ2n) is 8.48. The van der Waals surface area contributed by atoms with E-state index in [1.165, 1.54) is 18.4 Å². The number of benzene rings is 2. The molecule has 1 unspecified atom stereocenters. The van der Waals surface area contributed by atoms with Crippen LogP contribution in [0, 0.1) is 6.92 Å². The Morgan fingerprint density at radius 1 is 1.12 bits per heavy atom. The lowest BCUT2D eigenvalue weighted by Crippen LogP contribution is -2.51. The molecule has 1 aliphatic rings. The van der Waals surface area contributed by atoms with Crippen molar-refractivity contribution >= 4 is 39.5 Å². The fourth-order valence-corrected chi connectivity index (χ4v) is 5.31. The van der Waals surface area contributed by atoms with Crippen molar-refractivity contribution in [2.45, 2.75) is 70.3 Å². The summed E-state index contributed by atoms with van der Waals surface area (Å²) in [7, 11) is 0. The van der Waals surface area contributed by atoms with Crippen molar-refractivity contribution in [2.24, 2.45) is 0 Å². The summed E-state index contributed by atoms with van der Waals surface area (Å²) in [6.45, 7) is 4.51. The van der Waals surface area contributed by atoms with Gasteiger partial charge < -0.3 is 10.2 Å². The highest BCUT2D eigenvalue weighted by atomic mass is 79.9. The number of hydrogen-bond donors (Lipinski definition) is 1. The lowest BCUT2D eigenvalue weighted by molar-refractivity contribution is -0.139. The molecule has 0 bridgehead atoms. The molecule has 2 aromatic carbocycles. The first-order valence-corrected chi connectivity index (χ1v) is 13.4. The molecule has 172 valence electrons. The zero-order chi connectivity index (χ0) is 22.9. The monoisotopic (exact) mass is 516 g/mol. The van der Waals surface area contributed by atoms with Gasteiger partial charge in [0.1, 0.15) is 6.04 Å². The number of amides is 2. The number of carbonyl (C=O) groups is 2. The van der Waals surface area contributed by atoms with Crippen molar-refractivity contribution in [3.63, 3.8) is 0 Å². The SMILES string of the molecule is CCC(C(=O)NC1CCCC1)N(Cc1ccccc1C)C(=O)CSCc1ccc(Br)cc1. The van der Waals surface area contributed by atoms with Crippen molar-refractivity contribution in [3.05, 3.63) is 69.7 Å². The predicted octanol–water partition coefficient (Wildman–Crippen LogP) is 5.86. The van der Waals surface area contributed by atoms with Crippen LogP contribution in [0.15, 0.2) is 53.0 Å². The molecular weight excluding hydrogens is 484 g/mol. The highest BCUT2D eigenvalue weighted by Crippen LogP contribution is 2.21. The number of nitrogens with zero attached hydrogens (tertiary/aromatic N) is 1. The Bertz CT molecular complexity index is 897. The van der Waals surface area contributed by atoms with Gasteiger partial charge in [-0.3, -0.25) is 9.59 Å². The largest absolute Gasteiger partial charge is 0.352 e. The predicted molar refractivity (Wildman–Crippen MR) is 137 cm³/mol. The van der Waals surface area contributed by atoms with Gasteiger partial charge in [0.2, 0.25) is 11.8 Å². The summed E-state index contributed by atoms with van der Waals surface area (Å²) in [6.07, 6.45) is 5.02. The van der Waals surface area contributed by atoms with E-state index in [9.17, 15) is 9.59 Å². The van der Waals surface area contributed by atoms with E-state index in [-0.39, 0.29) is 17.9 Å². The van der Waals surface area contributed by atoms with Crippen LogP contribution in [0.1, 0.15) is 55.7 Å². The quantitative estimate of drug-likeness (QED) is 0.430. The molecule has 0 heterocycles. The van der Waals surface area contributed by atoms with Crippen LogP contribution >= 0.6 is 27.7 Å². The summed E-state index contributed by atoms with van der Waals surface area (Å²) in [4.78, 5) is 28.3. The topological polar surface area (TPSA) is 49.4 Å². The highest BCUT2D eigenvalue weighted by molar-refractivity contribution is 9.10. The van der Waals surface area contributed by atoms with Gasteiger partial charge in [0, 0.05) is 22.8 Å². The molecule has 6 heteroatoms. The van der Waals surface area contributed by atoms with Crippen LogP contribution in [0.4, 0.5) is 0 Å². The Hall–Kier alpha value is -1.79. The van der Waals surface area contributed by atoms with Crippen molar-refractivity contribution < 1.29 is 9.59 Å². The number of carbonyl (C=O) groups excluding carboxylic acids is 2. The molecule has 0 saturated heterocycles. The Morgan fingerprint density at radius 2 is 1.81 bits per heavy atom. The van der Waals surface area contributed by atoms with Gasteiger partial charge in [-0.05, 0) is 55.0 Å². The lowest BCUT2D eigenvalue weighted by Gasteiger charge is -2.32. The Labute approximate surface area is 204 Å². The first kappa shape index (κ1) is 24.8. The number of nitrogens with one attached hydrogen (secondary N) is 1. The van der Waals surface area contributed by atoms with Crippen LogP contribution in [-0.4, -0.2) is 34.6 Å². The minimum absolute atomic E-state index is 0.0146. The molecule has 1 atom stereocenters. The van der Waals surface area contributed by atoms with E-state index in [0.29, 0.717) is 18.7 Å². The minimum atomic E-state index is -0.448. The Balaban J connectivity index is 1.70. The fraction of sp³-hybridized carbons (Fsp3) is 0.462. The van der Waals surface area contributed by atoms with E-state index in [0.717, 1.165) is 34.2 Å². The second kappa shape index (κ2) is 12.4. The van der Waals surface area contributed by atoms with Crippen molar-refractivity contribution in [3.8, 4) is 0 Å². The number of aryl methyl sites for hydroxylation is 1. The van der Waals surface area contributed by atoms with Crippen molar-refractivity contribution in [1.29, 1.82) is 0 Å². The van der Waals surface area contributed by atoms with Crippen molar-refractivity contribution in [1.82, 2.24) is 10.2 Å². The molecule has 1 aliphatic carbocycles. The highest BCUT2D eigenvalue weighted by Gasteiger charge is 2.30.